The maximum Gasteiger partial charge on any atom is 0.341 e. The van der Waals surface area contributed by atoms with E-state index in [2.05, 4.69) is 21.0 Å². The zero-order chi connectivity index (χ0) is 13.8. The lowest BCUT2D eigenvalue weighted by Gasteiger charge is -2.07. The van der Waals surface area contributed by atoms with Crippen molar-refractivity contribution in [3.8, 4) is 11.6 Å². The molecule has 2 rings (SSSR count). The van der Waals surface area contributed by atoms with E-state index in [1.165, 1.54) is 0 Å². The summed E-state index contributed by atoms with van der Waals surface area (Å²) in [5.41, 5.74) is 1.84. The first-order chi connectivity index (χ1) is 9.11. The minimum Gasteiger partial charge on any atom is -0.479 e. The van der Waals surface area contributed by atoms with Crippen molar-refractivity contribution < 1.29 is 14.6 Å². The monoisotopic (exact) mass is 324 g/mol. The van der Waals surface area contributed by atoms with Crippen LogP contribution < -0.4 is 4.74 Å². The van der Waals surface area contributed by atoms with Gasteiger partial charge in [0.25, 0.3) is 0 Å². The van der Waals surface area contributed by atoms with Gasteiger partial charge in [-0.25, -0.2) is 9.48 Å². The van der Waals surface area contributed by atoms with Crippen molar-refractivity contribution in [3.63, 3.8) is 0 Å². The van der Waals surface area contributed by atoms with Crippen LogP contribution in [0.1, 0.15) is 12.6 Å². The summed E-state index contributed by atoms with van der Waals surface area (Å²) >= 11 is 3.47. The second-order valence-electron chi connectivity index (χ2n) is 3.87. The summed E-state index contributed by atoms with van der Waals surface area (Å²) < 4.78 is 7.77. The van der Waals surface area contributed by atoms with Gasteiger partial charge in [0, 0.05) is 16.2 Å². The van der Waals surface area contributed by atoms with Crippen LogP contribution in [0.5, 0.6) is 5.88 Å². The number of aryl methyl sites for hydroxylation is 1. The molecule has 0 amide bonds. The fourth-order valence-corrected chi connectivity index (χ4v) is 2.14. The molecule has 1 N–H and O–H groups in total. The summed E-state index contributed by atoms with van der Waals surface area (Å²) in [4.78, 5) is 10.5. The lowest BCUT2D eigenvalue weighted by molar-refractivity contribution is -0.139. The highest BCUT2D eigenvalue weighted by Crippen LogP contribution is 2.24. The smallest absolute Gasteiger partial charge is 0.341 e. The standard InChI is InChI=1S/C13H13BrN2O3/c1-2-9-7-12(19-8-13(17)18)15-16(9)11-6-4-3-5-10(11)14/h3-7H,2,8H2,1H3,(H,17,18). The SMILES string of the molecule is CCc1cc(OCC(=O)O)nn1-c1ccccc1Br. The molecule has 0 saturated carbocycles. The van der Waals surface area contributed by atoms with Crippen LogP contribution in [0, 0.1) is 0 Å². The van der Waals surface area contributed by atoms with E-state index < -0.39 is 12.6 Å². The molecule has 0 aliphatic carbocycles. The Hall–Kier alpha value is -1.82. The lowest BCUT2D eigenvalue weighted by Crippen LogP contribution is -2.10. The molecular weight excluding hydrogens is 312 g/mol. The summed E-state index contributed by atoms with van der Waals surface area (Å²) in [5.74, 6) is -0.705. The molecule has 6 heteroatoms. The average Bonchev–Trinajstić information content (AvgIpc) is 2.80. The van der Waals surface area contributed by atoms with Crippen molar-refractivity contribution in [2.75, 3.05) is 6.61 Å². The molecule has 1 aromatic carbocycles. The maximum absolute atomic E-state index is 10.5. The molecule has 0 saturated heterocycles. The number of carbonyl (C=O) groups is 1. The number of ether oxygens (including phenoxy) is 1. The number of benzene rings is 1. The Morgan fingerprint density at radius 3 is 2.84 bits per heavy atom. The zero-order valence-electron chi connectivity index (χ0n) is 10.3. The van der Waals surface area contributed by atoms with E-state index in [9.17, 15) is 4.79 Å². The van der Waals surface area contributed by atoms with Crippen LogP contribution in [-0.4, -0.2) is 27.5 Å². The van der Waals surface area contributed by atoms with Crippen LogP contribution in [-0.2, 0) is 11.2 Å². The van der Waals surface area contributed by atoms with Gasteiger partial charge in [-0.15, -0.1) is 5.10 Å². The molecule has 5 nitrogen and oxygen atoms in total. The number of carboxylic acid groups (broad SMARTS) is 1. The molecule has 0 atom stereocenters. The molecule has 0 aliphatic heterocycles. The third kappa shape index (κ3) is 3.14. The predicted octanol–water partition coefficient (Wildman–Crippen LogP) is 2.66. The number of para-hydroxylation sites is 1. The number of rotatable bonds is 5. The second kappa shape index (κ2) is 5.88. The summed E-state index contributed by atoms with van der Waals surface area (Å²) in [7, 11) is 0. The minimum absolute atomic E-state index is 0.315. The molecule has 0 bridgehead atoms. The Morgan fingerprint density at radius 2 is 2.21 bits per heavy atom. The van der Waals surface area contributed by atoms with E-state index in [4.69, 9.17) is 9.84 Å². The topological polar surface area (TPSA) is 64.3 Å². The Kier molecular flexibility index (Phi) is 4.21. The maximum atomic E-state index is 10.5. The van der Waals surface area contributed by atoms with Crippen LogP contribution >= 0.6 is 15.9 Å². The van der Waals surface area contributed by atoms with Crippen LogP contribution in [0.25, 0.3) is 5.69 Å². The molecule has 0 unspecified atom stereocenters. The molecule has 1 heterocycles. The van der Waals surface area contributed by atoms with Crippen LogP contribution in [0.2, 0.25) is 0 Å². The summed E-state index contributed by atoms with van der Waals surface area (Å²) in [6, 6.07) is 9.44. The van der Waals surface area contributed by atoms with Gasteiger partial charge in [0.05, 0.1) is 5.69 Å². The third-order valence-electron chi connectivity index (χ3n) is 2.55. The van der Waals surface area contributed by atoms with Crippen molar-refractivity contribution in [1.82, 2.24) is 9.78 Å². The first kappa shape index (κ1) is 13.6. The largest absolute Gasteiger partial charge is 0.479 e. The number of aliphatic carboxylic acids is 1. The van der Waals surface area contributed by atoms with Crippen molar-refractivity contribution in [2.24, 2.45) is 0 Å². The first-order valence-electron chi connectivity index (χ1n) is 5.80. The number of nitrogens with zero attached hydrogens (tertiary/aromatic N) is 2. The molecule has 0 spiro atoms. The van der Waals surface area contributed by atoms with E-state index in [1.807, 2.05) is 31.2 Å². The van der Waals surface area contributed by atoms with Crippen LogP contribution in [0.4, 0.5) is 0 Å². The molecule has 0 aliphatic rings. The highest BCUT2D eigenvalue weighted by molar-refractivity contribution is 9.10. The van der Waals surface area contributed by atoms with Gasteiger partial charge in [0.15, 0.2) is 6.61 Å². The Bertz CT molecular complexity index is 595. The number of carboxylic acids is 1. The van der Waals surface area contributed by atoms with Gasteiger partial charge in [0.1, 0.15) is 0 Å². The molecule has 100 valence electrons. The second-order valence-corrected chi connectivity index (χ2v) is 4.73. The molecule has 19 heavy (non-hydrogen) atoms. The fourth-order valence-electron chi connectivity index (χ4n) is 1.69. The average molecular weight is 325 g/mol. The number of hydrogen-bond donors (Lipinski definition) is 1. The van der Waals surface area contributed by atoms with E-state index in [0.29, 0.717) is 5.88 Å². The van der Waals surface area contributed by atoms with Gasteiger partial charge in [-0.2, -0.15) is 0 Å². The minimum atomic E-state index is -1.02. The molecule has 2 aromatic rings. The number of halogens is 1. The fraction of sp³-hybridized carbons (Fsp3) is 0.231. The van der Waals surface area contributed by atoms with Crippen molar-refractivity contribution in [3.05, 3.63) is 40.5 Å². The van der Waals surface area contributed by atoms with Gasteiger partial charge in [-0.1, -0.05) is 19.1 Å². The summed E-state index contributed by atoms with van der Waals surface area (Å²) in [6.07, 6.45) is 0.769. The van der Waals surface area contributed by atoms with Gasteiger partial charge in [-0.05, 0) is 34.5 Å². The molecule has 0 radical (unpaired) electrons. The van der Waals surface area contributed by atoms with Crippen LogP contribution in [0.3, 0.4) is 0 Å². The third-order valence-corrected chi connectivity index (χ3v) is 3.22. The molecular formula is C13H13BrN2O3. The van der Waals surface area contributed by atoms with Crippen LogP contribution in [0.15, 0.2) is 34.8 Å². The van der Waals surface area contributed by atoms with Crippen molar-refractivity contribution in [2.45, 2.75) is 13.3 Å². The van der Waals surface area contributed by atoms with E-state index in [0.717, 1.165) is 22.3 Å². The van der Waals surface area contributed by atoms with E-state index >= 15 is 0 Å². The predicted molar refractivity (Wildman–Crippen MR) is 73.8 cm³/mol. The zero-order valence-corrected chi connectivity index (χ0v) is 11.9. The van der Waals surface area contributed by atoms with Gasteiger partial charge >= 0.3 is 5.97 Å². The summed E-state index contributed by atoms with van der Waals surface area (Å²) in [5, 5.41) is 12.9. The Morgan fingerprint density at radius 1 is 1.47 bits per heavy atom. The first-order valence-corrected chi connectivity index (χ1v) is 6.59. The summed E-state index contributed by atoms with van der Waals surface area (Å²) in [6.45, 7) is 1.61. The van der Waals surface area contributed by atoms with Gasteiger partial charge in [0.2, 0.25) is 5.88 Å². The molecule has 0 fully saturated rings. The molecule has 1 aromatic heterocycles. The Balaban J connectivity index is 2.35. The number of hydrogen-bond acceptors (Lipinski definition) is 3. The van der Waals surface area contributed by atoms with Crippen molar-refractivity contribution >= 4 is 21.9 Å². The normalized spacial score (nSPS) is 10.4. The number of aromatic nitrogens is 2. The highest BCUT2D eigenvalue weighted by Gasteiger charge is 2.12. The quantitative estimate of drug-likeness (QED) is 0.918. The Labute approximate surface area is 118 Å². The highest BCUT2D eigenvalue weighted by atomic mass is 79.9. The van der Waals surface area contributed by atoms with Gasteiger partial charge in [-0.3, -0.25) is 0 Å². The van der Waals surface area contributed by atoms with Gasteiger partial charge < -0.3 is 9.84 Å². The van der Waals surface area contributed by atoms with E-state index in [-0.39, 0.29) is 0 Å². The lowest BCUT2D eigenvalue weighted by atomic mass is 10.3. The van der Waals surface area contributed by atoms with Crippen molar-refractivity contribution in [1.29, 1.82) is 0 Å². The van der Waals surface area contributed by atoms with E-state index in [1.54, 1.807) is 10.7 Å².